The molecule has 0 aromatic rings. The number of carbonyl (C=O) groups excluding carboxylic acids is 1. The highest BCUT2D eigenvalue weighted by Gasteiger charge is 2.85. The van der Waals surface area contributed by atoms with Crippen LogP contribution in [-0.4, -0.2) is 133 Å². The third kappa shape index (κ3) is 6.10. The maximum absolute atomic E-state index is 12.6. The Balaban J connectivity index is 1.11. The van der Waals surface area contributed by atoms with Crippen LogP contribution in [0.15, 0.2) is 0 Å². The molecule has 0 amide bonds. The van der Waals surface area contributed by atoms with Gasteiger partial charge in [-0.3, -0.25) is 4.79 Å². The number of rotatable bonds is 10. The van der Waals surface area contributed by atoms with Crippen molar-refractivity contribution in [1.82, 2.24) is 0 Å². The highest BCUT2D eigenvalue weighted by molar-refractivity contribution is 5.80. The fraction of sp³-hybridized carbons (Fsp3) is 0.976. The lowest BCUT2D eigenvalue weighted by Gasteiger charge is -2.64. The summed E-state index contributed by atoms with van der Waals surface area (Å²) in [5, 5.41) is 87.8. The first-order chi connectivity index (χ1) is 25.6. The third-order valence-corrected chi connectivity index (χ3v) is 17.4. The van der Waals surface area contributed by atoms with Gasteiger partial charge < -0.3 is 59.8 Å². The number of aliphatic hydroxyl groups is 8. The summed E-state index contributed by atoms with van der Waals surface area (Å²) in [6, 6.07) is 0. The van der Waals surface area contributed by atoms with Crippen molar-refractivity contribution in [2.45, 2.75) is 193 Å². The molecule has 2 spiro atoms. The van der Waals surface area contributed by atoms with Gasteiger partial charge in [-0.2, -0.15) is 0 Å². The lowest BCUT2D eigenvalue weighted by molar-refractivity contribution is -0.375. The number of fused-ring (bicyclic) bond motifs is 2. The van der Waals surface area contributed by atoms with Crippen molar-refractivity contribution in [2.24, 2.45) is 56.7 Å². The van der Waals surface area contributed by atoms with Gasteiger partial charge in [0.15, 0.2) is 12.6 Å². The van der Waals surface area contributed by atoms with Crippen molar-refractivity contribution >= 4 is 5.78 Å². The molecule has 7 fully saturated rings. The summed E-state index contributed by atoms with van der Waals surface area (Å²) < 4.78 is 24.5. The van der Waals surface area contributed by atoms with Crippen LogP contribution in [-0.2, 0) is 23.7 Å². The van der Waals surface area contributed by atoms with Crippen LogP contribution in [0.1, 0.15) is 113 Å². The molecule has 0 aromatic heterocycles. The van der Waals surface area contributed by atoms with E-state index in [0.29, 0.717) is 25.7 Å². The second-order valence-electron chi connectivity index (χ2n) is 20.5. The van der Waals surface area contributed by atoms with Gasteiger partial charge in [0, 0.05) is 17.8 Å². The van der Waals surface area contributed by atoms with Crippen LogP contribution < -0.4 is 0 Å². The SMILES string of the molecule is CC(C)C(=O)CC[C@@H](C)[C@H]1[C@H](O)C[C@]2(C)[C@@H]3CC[C@@H]4C(C)(C)[C@H](O[C@@H]5O[C@H](CO)[C@@H](O)[C@H](O)[C@H]5O[C@@H]5O[C@H](C)[C@@H](O)[C@H](O)[C@H]5O)CC[C@@]45C[C@@]35[C@@H](O)C[C@]12C. The quantitative estimate of drug-likeness (QED) is 0.149. The van der Waals surface area contributed by atoms with E-state index in [1.807, 2.05) is 13.8 Å². The Morgan fingerprint density at radius 3 is 2.11 bits per heavy atom. The molecule has 5 saturated carbocycles. The first-order valence-electron chi connectivity index (χ1n) is 21.1. The van der Waals surface area contributed by atoms with Gasteiger partial charge >= 0.3 is 0 Å². The summed E-state index contributed by atoms with van der Waals surface area (Å²) >= 11 is 0. The Morgan fingerprint density at radius 1 is 0.782 bits per heavy atom. The summed E-state index contributed by atoms with van der Waals surface area (Å²) in [6.45, 7) is 16.0. The molecular formula is C42H70O13. The van der Waals surface area contributed by atoms with Crippen molar-refractivity contribution < 1.29 is 64.6 Å². The molecule has 7 rings (SSSR count). The van der Waals surface area contributed by atoms with Gasteiger partial charge in [-0.1, -0.05) is 48.5 Å². The number of carbonyl (C=O) groups is 1. The van der Waals surface area contributed by atoms with Crippen molar-refractivity contribution in [3.8, 4) is 0 Å². The smallest absolute Gasteiger partial charge is 0.187 e. The van der Waals surface area contributed by atoms with E-state index in [-0.39, 0.29) is 57.0 Å². The number of hydrogen-bond donors (Lipinski definition) is 8. The minimum atomic E-state index is -1.65. The zero-order valence-corrected chi connectivity index (χ0v) is 34.1. The van der Waals surface area contributed by atoms with Crippen LogP contribution in [0.25, 0.3) is 0 Å². The third-order valence-electron chi connectivity index (χ3n) is 17.4. The van der Waals surface area contributed by atoms with E-state index in [0.717, 1.165) is 32.1 Å². The van der Waals surface area contributed by atoms with Crippen molar-refractivity contribution in [3.63, 3.8) is 0 Å². The van der Waals surface area contributed by atoms with Crippen molar-refractivity contribution in [1.29, 1.82) is 0 Å². The zero-order valence-electron chi connectivity index (χ0n) is 34.1. The molecule has 2 aliphatic heterocycles. The van der Waals surface area contributed by atoms with Crippen LogP contribution >= 0.6 is 0 Å². The van der Waals surface area contributed by atoms with E-state index in [1.54, 1.807) is 0 Å². The molecule has 7 aliphatic rings. The number of hydrogen-bond acceptors (Lipinski definition) is 13. The van der Waals surface area contributed by atoms with Crippen LogP contribution in [0.2, 0.25) is 0 Å². The van der Waals surface area contributed by atoms with E-state index < -0.39 is 91.7 Å². The van der Waals surface area contributed by atoms with Gasteiger partial charge in [0.05, 0.1) is 31.0 Å². The average Bonchev–Trinajstić information content (AvgIpc) is 3.76. The molecule has 316 valence electrons. The molecule has 2 saturated heterocycles. The summed E-state index contributed by atoms with van der Waals surface area (Å²) in [6.07, 6.45) is -8.54. The fourth-order valence-corrected chi connectivity index (χ4v) is 14.3. The Hall–Kier alpha value is -0.810. The van der Waals surface area contributed by atoms with Crippen LogP contribution in [0.3, 0.4) is 0 Å². The Bertz CT molecular complexity index is 1430. The lowest BCUT2D eigenvalue weighted by atomic mass is 9.41. The molecule has 0 radical (unpaired) electrons. The van der Waals surface area contributed by atoms with E-state index in [4.69, 9.17) is 18.9 Å². The molecule has 8 N–H and O–H groups in total. The molecule has 13 nitrogen and oxygen atoms in total. The van der Waals surface area contributed by atoms with E-state index >= 15 is 0 Å². The number of ketones is 1. The molecule has 5 aliphatic carbocycles. The Kier molecular flexibility index (Phi) is 11.1. The van der Waals surface area contributed by atoms with Crippen LogP contribution in [0, 0.1) is 56.7 Å². The maximum Gasteiger partial charge on any atom is 0.187 e. The molecule has 21 atom stereocenters. The van der Waals surface area contributed by atoms with Gasteiger partial charge in [-0.05, 0) is 104 Å². The normalized spacial score (nSPS) is 54.9. The number of Topliss-reactive ketones (excluding diaryl/α,β-unsaturated/α-hetero) is 1. The second-order valence-corrected chi connectivity index (χ2v) is 20.5. The minimum Gasteiger partial charge on any atom is -0.394 e. The number of ether oxygens (including phenoxy) is 4. The first-order valence-corrected chi connectivity index (χ1v) is 21.1. The highest BCUT2D eigenvalue weighted by Crippen LogP contribution is 2.89. The van der Waals surface area contributed by atoms with Crippen LogP contribution in [0.5, 0.6) is 0 Å². The predicted octanol–water partition coefficient (Wildman–Crippen LogP) is 2.05. The fourth-order valence-electron chi connectivity index (χ4n) is 14.3. The van der Waals surface area contributed by atoms with Crippen molar-refractivity contribution in [2.75, 3.05) is 6.61 Å². The summed E-state index contributed by atoms with van der Waals surface area (Å²) in [4.78, 5) is 12.6. The molecule has 55 heavy (non-hydrogen) atoms. The number of aliphatic hydroxyl groups excluding tert-OH is 8. The predicted molar refractivity (Wildman–Crippen MR) is 198 cm³/mol. The monoisotopic (exact) mass is 782 g/mol. The van der Waals surface area contributed by atoms with Gasteiger partial charge in [-0.25, -0.2) is 0 Å². The van der Waals surface area contributed by atoms with Gasteiger partial charge in [-0.15, -0.1) is 0 Å². The van der Waals surface area contributed by atoms with Gasteiger partial charge in [0.1, 0.15) is 48.5 Å². The average molecular weight is 783 g/mol. The topological polar surface area (TPSA) is 216 Å². The summed E-state index contributed by atoms with van der Waals surface area (Å²) in [5.41, 5.74) is -1.27. The zero-order chi connectivity index (χ0) is 40.4. The molecular weight excluding hydrogens is 712 g/mol. The molecule has 2 heterocycles. The summed E-state index contributed by atoms with van der Waals surface area (Å²) in [7, 11) is 0. The summed E-state index contributed by atoms with van der Waals surface area (Å²) in [5.74, 6) is 0.815. The molecule has 0 unspecified atom stereocenters. The second kappa shape index (κ2) is 14.4. The van der Waals surface area contributed by atoms with E-state index in [1.165, 1.54) is 6.92 Å². The van der Waals surface area contributed by atoms with E-state index in [9.17, 15) is 45.6 Å². The highest BCUT2D eigenvalue weighted by atomic mass is 16.8. The van der Waals surface area contributed by atoms with Gasteiger partial charge in [0.2, 0.25) is 0 Å². The Labute approximate surface area is 326 Å². The first kappa shape index (κ1) is 42.3. The molecule has 0 bridgehead atoms. The van der Waals surface area contributed by atoms with Gasteiger partial charge in [0.25, 0.3) is 0 Å². The minimum absolute atomic E-state index is 0.00333. The molecule has 0 aromatic carbocycles. The Morgan fingerprint density at radius 2 is 1.45 bits per heavy atom. The maximum atomic E-state index is 12.6. The lowest BCUT2D eigenvalue weighted by Crippen LogP contribution is -2.65. The largest absolute Gasteiger partial charge is 0.394 e. The van der Waals surface area contributed by atoms with E-state index in [2.05, 4.69) is 34.6 Å². The van der Waals surface area contributed by atoms with Crippen LogP contribution in [0.4, 0.5) is 0 Å². The van der Waals surface area contributed by atoms with Crippen molar-refractivity contribution in [3.05, 3.63) is 0 Å². The standard InChI is InChI=1S/C42H70O13/c1-19(2)22(44)10-9-20(3)29-23(45)15-39(7)26-12-11-25-38(5,6)28(13-14-41(25)18-42(26,41)27(46)16-40(29,39)8)54-37-35(33(50)31(48)24(17-43)53-37)55-36-34(51)32(49)30(47)21(4)52-36/h19-21,23-37,43,45-51H,9-18H2,1-8H3/t20-,21-,23-,24-,25-,26+,27+,28-,29+,30-,31-,32+,33+,34-,35-,36+,37+,39-,40-,41-,42+/m1/s1. The molecule has 13 heteroatoms.